The second-order valence-corrected chi connectivity index (χ2v) is 7.11. The van der Waals surface area contributed by atoms with Gasteiger partial charge in [-0.25, -0.2) is 9.97 Å². The Balaban J connectivity index is 1.39. The van der Waals surface area contributed by atoms with Crippen molar-refractivity contribution >= 4 is 34.5 Å². The summed E-state index contributed by atoms with van der Waals surface area (Å²) in [6, 6.07) is 13.4. The maximum absolute atomic E-state index is 12.3. The van der Waals surface area contributed by atoms with Gasteiger partial charge in [0.05, 0.1) is 5.75 Å². The Bertz CT molecular complexity index is 1100. The van der Waals surface area contributed by atoms with Crippen molar-refractivity contribution in [2.45, 2.75) is 24.8 Å². The van der Waals surface area contributed by atoms with E-state index in [1.165, 1.54) is 18.0 Å². The minimum Gasteiger partial charge on any atom is -0.447 e. The predicted molar refractivity (Wildman–Crippen MR) is 104 cm³/mol. The SMILES string of the molecule is Cc1ccc(NC(=O)c2coc(CSc3nc4cc(C)ccc4o3)n2)cc1. The van der Waals surface area contributed by atoms with Gasteiger partial charge in [-0.2, -0.15) is 0 Å². The van der Waals surface area contributed by atoms with E-state index < -0.39 is 0 Å². The van der Waals surface area contributed by atoms with E-state index >= 15 is 0 Å². The molecule has 6 nitrogen and oxygen atoms in total. The minimum absolute atomic E-state index is 0.236. The summed E-state index contributed by atoms with van der Waals surface area (Å²) in [5.74, 6) is 0.549. The highest BCUT2D eigenvalue weighted by Gasteiger charge is 2.14. The van der Waals surface area contributed by atoms with Gasteiger partial charge < -0.3 is 14.2 Å². The molecule has 1 amide bonds. The molecule has 0 saturated heterocycles. The predicted octanol–water partition coefficient (Wildman–Crippen LogP) is 4.98. The number of carbonyl (C=O) groups is 1. The van der Waals surface area contributed by atoms with Crippen molar-refractivity contribution in [2.75, 3.05) is 5.32 Å². The van der Waals surface area contributed by atoms with E-state index in [9.17, 15) is 4.79 Å². The zero-order chi connectivity index (χ0) is 18.8. The molecule has 2 heterocycles. The van der Waals surface area contributed by atoms with Gasteiger partial charge in [-0.1, -0.05) is 35.5 Å². The maximum atomic E-state index is 12.3. The van der Waals surface area contributed by atoms with Crippen molar-refractivity contribution < 1.29 is 13.6 Å². The van der Waals surface area contributed by atoms with Gasteiger partial charge in [0.15, 0.2) is 11.3 Å². The monoisotopic (exact) mass is 379 g/mol. The molecule has 2 aromatic heterocycles. The van der Waals surface area contributed by atoms with Crippen molar-refractivity contribution in [3.05, 3.63) is 71.4 Å². The molecule has 0 bridgehead atoms. The summed E-state index contributed by atoms with van der Waals surface area (Å²) in [7, 11) is 0. The molecule has 0 spiro atoms. The number of aromatic nitrogens is 2. The van der Waals surface area contributed by atoms with Crippen molar-refractivity contribution in [1.29, 1.82) is 0 Å². The van der Waals surface area contributed by atoms with Crippen LogP contribution < -0.4 is 5.32 Å². The molecule has 0 fully saturated rings. The molecule has 0 aliphatic heterocycles. The second kappa shape index (κ2) is 7.28. The van der Waals surface area contributed by atoms with E-state index in [1.54, 1.807) is 0 Å². The van der Waals surface area contributed by atoms with Gasteiger partial charge in [-0.15, -0.1) is 0 Å². The fourth-order valence-electron chi connectivity index (χ4n) is 2.52. The Kier molecular flexibility index (Phi) is 4.68. The molecule has 0 unspecified atom stereocenters. The third-order valence-corrected chi connectivity index (χ3v) is 4.75. The van der Waals surface area contributed by atoms with Gasteiger partial charge in [0.25, 0.3) is 11.1 Å². The van der Waals surface area contributed by atoms with E-state index in [0.717, 1.165) is 22.2 Å². The molecule has 2 aromatic carbocycles. The number of carbonyl (C=O) groups excluding carboxylic acids is 1. The number of rotatable bonds is 5. The Morgan fingerprint density at radius 2 is 1.85 bits per heavy atom. The van der Waals surface area contributed by atoms with E-state index in [2.05, 4.69) is 15.3 Å². The van der Waals surface area contributed by atoms with E-state index in [0.29, 0.717) is 22.6 Å². The largest absolute Gasteiger partial charge is 0.447 e. The molecular formula is C20H17N3O3S. The summed E-state index contributed by atoms with van der Waals surface area (Å²) < 4.78 is 11.1. The van der Waals surface area contributed by atoms with E-state index in [4.69, 9.17) is 8.83 Å². The van der Waals surface area contributed by atoms with Gasteiger partial charge >= 0.3 is 0 Å². The summed E-state index contributed by atoms with van der Waals surface area (Å²) in [6.07, 6.45) is 1.36. The zero-order valence-corrected chi connectivity index (χ0v) is 15.7. The van der Waals surface area contributed by atoms with Crippen LogP contribution in [0.1, 0.15) is 27.5 Å². The van der Waals surface area contributed by atoms with Crippen LogP contribution in [-0.4, -0.2) is 15.9 Å². The first kappa shape index (κ1) is 17.4. The molecule has 0 radical (unpaired) electrons. The van der Waals surface area contributed by atoms with Crippen LogP contribution in [0.2, 0.25) is 0 Å². The number of thioether (sulfide) groups is 1. The quantitative estimate of drug-likeness (QED) is 0.493. The van der Waals surface area contributed by atoms with Crippen molar-refractivity contribution in [3.63, 3.8) is 0 Å². The number of fused-ring (bicyclic) bond motifs is 1. The number of aryl methyl sites for hydroxylation is 2. The molecule has 136 valence electrons. The van der Waals surface area contributed by atoms with Gasteiger partial charge in [-0.3, -0.25) is 4.79 Å². The van der Waals surface area contributed by atoms with Crippen LogP contribution in [0.15, 0.2) is 62.8 Å². The summed E-state index contributed by atoms with van der Waals surface area (Å²) in [4.78, 5) is 20.9. The molecule has 1 N–H and O–H groups in total. The summed E-state index contributed by atoms with van der Waals surface area (Å²) in [6.45, 7) is 4.00. The number of nitrogens with one attached hydrogen (secondary N) is 1. The lowest BCUT2D eigenvalue weighted by Crippen LogP contribution is -2.12. The Labute approximate surface area is 160 Å². The lowest BCUT2D eigenvalue weighted by atomic mass is 10.2. The number of hydrogen-bond acceptors (Lipinski definition) is 6. The lowest BCUT2D eigenvalue weighted by Gasteiger charge is -2.02. The van der Waals surface area contributed by atoms with Gasteiger partial charge in [-0.05, 0) is 43.7 Å². The molecule has 27 heavy (non-hydrogen) atoms. The standard InChI is InChI=1S/C20H17N3O3S/c1-12-3-6-14(7-4-12)21-19(24)16-10-25-18(22-16)11-27-20-23-15-9-13(2)5-8-17(15)26-20/h3-10H,11H2,1-2H3,(H,21,24). The highest BCUT2D eigenvalue weighted by molar-refractivity contribution is 7.98. The summed E-state index contributed by atoms with van der Waals surface area (Å²) in [5.41, 5.74) is 4.77. The minimum atomic E-state index is -0.309. The summed E-state index contributed by atoms with van der Waals surface area (Å²) in [5, 5.41) is 3.34. The molecule has 0 saturated carbocycles. The molecule has 0 aliphatic carbocycles. The average molecular weight is 379 g/mol. The van der Waals surface area contributed by atoms with Gasteiger partial charge in [0.2, 0.25) is 5.89 Å². The first-order chi connectivity index (χ1) is 13.1. The summed E-state index contributed by atoms with van der Waals surface area (Å²) >= 11 is 1.37. The van der Waals surface area contributed by atoms with Crippen molar-refractivity contribution in [2.24, 2.45) is 0 Å². The van der Waals surface area contributed by atoms with Gasteiger partial charge in [0.1, 0.15) is 11.8 Å². The number of nitrogens with zero attached hydrogens (tertiary/aromatic N) is 2. The highest BCUT2D eigenvalue weighted by atomic mass is 32.2. The first-order valence-electron chi connectivity index (χ1n) is 8.39. The van der Waals surface area contributed by atoms with E-state index in [1.807, 2.05) is 56.3 Å². The number of hydrogen-bond donors (Lipinski definition) is 1. The van der Waals surface area contributed by atoms with E-state index in [-0.39, 0.29) is 11.6 Å². The van der Waals surface area contributed by atoms with Crippen LogP contribution in [0, 0.1) is 13.8 Å². The van der Waals surface area contributed by atoms with Crippen molar-refractivity contribution in [1.82, 2.24) is 9.97 Å². The van der Waals surface area contributed by atoms with Crippen LogP contribution in [0.25, 0.3) is 11.1 Å². The Morgan fingerprint density at radius 1 is 1.07 bits per heavy atom. The number of amides is 1. The molecule has 0 atom stereocenters. The maximum Gasteiger partial charge on any atom is 0.277 e. The normalized spacial score (nSPS) is 11.0. The van der Waals surface area contributed by atoms with Crippen LogP contribution in [0.5, 0.6) is 0 Å². The highest BCUT2D eigenvalue weighted by Crippen LogP contribution is 2.26. The van der Waals surface area contributed by atoms with Crippen LogP contribution in [0.4, 0.5) is 5.69 Å². The zero-order valence-electron chi connectivity index (χ0n) is 14.9. The Hall–Kier alpha value is -3.06. The van der Waals surface area contributed by atoms with Crippen molar-refractivity contribution in [3.8, 4) is 0 Å². The third kappa shape index (κ3) is 4.03. The Morgan fingerprint density at radius 3 is 2.67 bits per heavy atom. The topological polar surface area (TPSA) is 81.2 Å². The van der Waals surface area contributed by atoms with Gasteiger partial charge in [0, 0.05) is 5.69 Å². The molecule has 4 aromatic rings. The number of oxazole rings is 2. The fraction of sp³-hybridized carbons (Fsp3) is 0.150. The fourth-order valence-corrected chi connectivity index (χ4v) is 3.21. The first-order valence-corrected chi connectivity index (χ1v) is 9.38. The molecule has 7 heteroatoms. The van der Waals surface area contributed by atoms with Crippen LogP contribution in [0.3, 0.4) is 0 Å². The van der Waals surface area contributed by atoms with Crippen LogP contribution >= 0.6 is 11.8 Å². The smallest absolute Gasteiger partial charge is 0.277 e. The third-order valence-electron chi connectivity index (χ3n) is 3.94. The number of anilines is 1. The second-order valence-electron chi connectivity index (χ2n) is 6.19. The molecule has 4 rings (SSSR count). The lowest BCUT2D eigenvalue weighted by molar-refractivity contribution is 0.102. The molecule has 0 aliphatic rings. The average Bonchev–Trinajstić information content (AvgIpc) is 3.28. The van der Waals surface area contributed by atoms with Crippen LogP contribution in [-0.2, 0) is 5.75 Å². The molecular weight excluding hydrogens is 362 g/mol. The number of benzene rings is 2.